The fourth-order valence-corrected chi connectivity index (χ4v) is 0.878. The molecule has 13 heavy (non-hydrogen) atoms. The van der Waals surface area contributed by atoms with Crippen LogP contribution in [0.1, 0.15) is 37.0 Å². The summed E-state index contributed by atoms with van der Waals surface area (Å²) in [4.78, 5) is 10.4. The van der Waals surface area contributed by atoms with Crippen molar-refractivity contribution in [3.8, 4) is 0 Å². The van der Waals surface area contributed by atoms with E-state index in [-0.39, 0.29) is 5.76 Å². The minimum absolute atomic E-state index is 0.0371. The molecule has 0 fully saturated rings. The molecule has 0 saturated heterocycles. The summed E-state index contributed by atoms with van der Waals surface area (Å²) in [5.41, 5.74) is -1.24. The molecular formula is C8H10FNO3. The van der Waals surface area contributed by atoms with Crippen LogP contribution in [0.2, 0.25) is 0 Å². The van der Waals surface area contributed by atoms with Gasteiger partial charge in [0.1, 0.15) is 0 Å². The van der Waals surface area contributed by atoms with Gasteiger partial charge in [0.2, 0.25) is 11.5 Å². The lowest BCUT2D eigenvalue weighted by atomic mass is 9.93. The molecule has 72 valence electrons. The van der Waals surface area contributed by atoms with E-state index in [1.54, 1.807) is 20.8 Å². The second kappa shape index (κ2) is 2.83. The molecule has 0 unspecified atom stereocenters. The van der Waals surface area contributed by atoms with Gasteiger partial charge < -0.3 is 9.63 Å². The molecular weight excluding hydrogens is 177 g/mol. The molecule has 1 rings (SSSR count). The molecule has 1 aromatic heterocycles. The number of aromatic nitrogens is 1. The van der Waals surface area contributed by atoms with Crippen LogP contribution >= 0.6 is 0 Å². The maximum absolute atomic E-state index is 13.2. The predicted molar refractivity (Wildman–Crippen MR) is 42.1 cm³/mol. The topological polar surface area (TPSA) is 63.3 Å². The largest absolute Gasteiger partial charge is 0.476 e. The van der Waals surface area contributed by atoms with Crippen LogP contribution in [0.3, 0.4) is 0 Å². The van der Waals surface area contributed by atoms with E-state index in [1.807, 2.05) is 0 Å². The first-order valence-electron chi connectivity index (χ1n) is 3.73. The number of hydrogen-bond acceptors (Lipinski definition) is 3. The first-order valence-corrected chi connectivity index (χ1v) is 3.73. The smallest absolute Gasteiger partial charge is 0.361 e. The van der Waals surface area contributed by atoms with E-state index in [4.69, 9.17) is 5.11 Å². The fraction of sp³-hybridized carbons (Fsp3) is 0.500. The summed E-state index contributed by atoms with van der Waals surface area (Å²) in [7, 11) is 0. The molecule has 0 aliphatic heterocycles. The summed E-state index contributed by atoms with van der Waals surface area (Å²) >= 11 is 0. The second-order valence-electron chi connectivity index (χ2n) is 3.73. The summed E-state index contributed by atoms with van der Waals surface area (Å²) in [5, 5.41) is 11.6. The average Bonchev–Trinajstić information content (AvgIpc) is 2.28. The van der Waals surface area contributed by atoms with E-state index in [0.29, 0.717) is 0 Å². The molecule has 0 aromatic carbocycles. The highest BCUT2D eigenvalue weighted by Gasteiger charge is 2.29. The van der Waals surface area contributed by atoms with Gasteiger partial charge in [0, 0.05) is 5.41 Å². The van der Waals surface area contributed by atoms with Gasteiger partial charge in [0.25, 0.3) is 0 Å². The van der Waals surface area contributed by atoms with Crippen LogP contribution in [0, 0.1) is 5.82 Å². The highest BCUT2D eigenvalue weighted by molar-refractivity contribution is 5.85. The number of halogens is 1. The van der Waals surface area contributed by atoms with E-state index < -0.39 is 22.9 Å². The van der Waals surface area contributed by atoms with Gasteiger partial charge in [0.15, 0.2) is 5.76 Å². The molecule has 4 nitrogen and oxygen atoms in total. The van der Waals surface area contributed by atoms with Gasteiger partial charge in [0.05, 0.1) is 0 Å². The van der Waals surface area contributed by atoms with Gasteiger partial charge >= 0.3 is 5.97 Å². The zero-order chi connectivity index (χ0) is 10.2. The molecule has 0 aliphatic carbocycles. The number of carboxylic acid groups (broad SMARTS) is 1. The third-order valence-electron chi connectivity index (χ3n) is 1.52. The Hall–Kier alpha value is -1.39. The molecule has 5 heteroatoms. The van der Waals surface area contributed by atoms with E-state index in [1.165, 1.54) is 0 Å². The molecule has 1 aromatic rings. The quantitative estimate of drug-likeness (QED) is 0.728. The SMILES string of the molecule is CC(C)(C)c1onc(C(=O)O)c1F. The maximum atomic E-state index is 13.2. The van der Waals surface area contributed by atoms with Gasteiger partial charge in [-0.05, 0) is 0 Å². The number of aromatic carboxylic acids is 1. The molecule has 0 aliphatic rings. The first-order chi connectivity index (χ1) is 5.84. The predicted octanol–water partition coefficient (Wildman–Crippen LogP) is 1.81. The lowest BCUT2D eigenvalue weighted by Gasteiger charge is -2.12. The van der Waals surface area contributed by atoms with Gasteiger partial charge in [-0.1, -0.05) is 25.9 Å². The van der Waals surface area contributed by atoms with Crippen LogP contribution < -0.4 is 0 Å². The first kappa shape index (κ1) is 9.70. The van der Waals surface area contributed by atoms with E-state index in [9.17, 15) is 9.18 Å². The Morgan fingerprint density at radius 2 is 2.08 bits per heavy atom. The number of nitrogens with zero attached hydrogens (tertiary/aromatic N) is 1. The lowest BCUT2D eigenvalue weighted by molar-refractivity contribution is 0.0681. The molecule has 0 atom stereocenters. The molecule has 0 saturated carbocycles. The van der Waals surface area contributed by atoms with Gasteiger partial charge in [-0.2, -0.15) is 0 Å². The third-order valence-corrected chi connectivity index (χ3v) is 1.52. The van der Waals surface area contributed by atoms with E-state index in [0.717, 1.165) is 0 Å². The van der Waals surface area contributed by atoms with Gasteiger partial charge in [-0.15, -0.1) is 0 Å². The Kier molecular flexibility index (Phi) is 2.11. The summed E-state index contributed by atoms with van der Waals surface area (Å²) < 4.78 is 17.9. The van der Waals surface area contributed by atoms with Crippen LogP contribution in [0.25, 0.3) is 0 Å². The summed E-state index contributed by atoms with van der Waals surface area (Å²) in [5.74, 6) is -2.35. The summed E-state index contributed by atoms with van der Waals surface area (Å²) in [6.45, 7) is 5.13. The minimum atomic E-state index is -1.42. The van der Waals surface area contributed by atoms with Crippen molar-refractivity contribution in [2.45, 2.75) is 26.2 Å². The van der Waals surface area contributed by atoms with Crippen LogP contribution in [0.4, 0.5) is 4.39 Å². The summed E-state index contributed by atoms with van der Waals surface area (Å²) in [6.07, 6.45) is 0. The lowest BCUT2D eigenvalue weighted by Crippen LogP contribution is -2.12. The van der Waals surface area contributed by atoms with Crippen LogP contribution in [-0.4, -0.2) is 16.2 Å². The number of hydrogen-bond donors (Lipinski definition) is 1. The highest BCUT2D eigenvalue weighted by Crippen LogP contribution is 2.26. The molecule has 0 radical (unpaired) electrons. The standard InChI is InChI=1S/C8H10FNO3/c1-8(2,3)6-4(9)5(7(11)12)10-13-6/h1-3H3,(H,11,12). The normalized spacial score (nSPS) is 11.7. The number of carboxylic acids is 1. The second-order valence-corrected chi connectivity index (χ2v) is 3.73. The van der Waals surface area contributed by atoms with Gasteiger partial charge in [-0.25, -0.2) is 9.18 Å². The minimum Gasteiger partial charge on any atom is -0.476 e. The average molecular weight is 187 g/mol. The Labute approximate surface area is 74.3 Å². The molecule has 0 amide bonds. The van der Waals surface area contributed by atoms with E-state index in [2.05, 4.69) is 9.68 Å². The van der Waals surface area contributed by atoms with Crippen molar-refractivity contribution in [2.75, 3.05) is 0 Å². The van der Waals surface area contributed by atoms with Crippen LogP contribution in [0.5, 0.6) is 0 Å². The molecule has 0 spiro atoms. The van der Waals surface area contributed by atoms with Crippen LogP contribution in [-0.2, 0) is 5.41 Å². The van der Waals surface area contributed by atoms with Crippen molar-refractivity contribution < 1.29 is 18.8 Å². The van der Waals surface area contributed by atoms with Crippen molar-refractivity contribution in [1.82, 2.24) is 5.16 Å². The van der Waals surface area contributed by atoms with Crippen molar-refractivity contribution in [3.05, 3.63) is 17.3 Å². The van der Waals surface area contributed by atoms with Crippen molar-refractivity contribution >= 4 is 5.97 Å². The Morgan fingerprint density at radius 1 is 1.54 bits per heavy atom. The zero-order valence-electron chi connectivity index (χ0n) is 7.59. The molecule has 1 heterocycles. The van der Waals surface area contributed by atoms with E-state index >= 15 is 0 Å². The van der Waals surface area contributed by atoms with Crippen molar-refractivity contribution in [3.63, 3.8) is 0 Å². The highest BCUT2D eigenvalue weighted by atomic mass is 19.1. The maximum Gasteiger partial charge on any atom is 0.361 e. The fourth-order valence-electron chi connectivity index (χ4n) is 0.878. The molecule has 0 bridgehead atoms. The van der Waals surface area contributed by atoms with Gasteiger partial charge in [-0.3, -0.25) is 0 Å². The zero-order valence-corrected chi connectivity index (χ0v) is 7.59. The number of rotatable bonds is 1. The summed E-state index contributed by atoms with van der Waals surface area (Å²) in [6, 6.07) is 0. The monoisotopic (exact) mass is 187 g/mol. The Bertz CT molecular complexity index is 338. The Morgan fingerprint density at radius 3 is 2.31 bits per heavy atom. The Balaban J connectivity index is 3.22. The third kappa shape index (κ3) is 1.68. The van der Waals surface area contributed by atoms with Crippen molar-refractivity contribution in [2.24, 2.45) is 0 Å². The van der Waals surface area contributed by atoms with Crippen LogP contribution in [0.15, 0.2) is 4.52 Å². The number of carbonyl (C=O) groups is 1. The van der Waals surface area contributed by atoms with Crippen molar-refractivity contribution in [1.29, 1.82) is 0 Å². The molecule has 1 N–H and O–H groups in total.